The standard InChI is InChI=1S/C19H17N5O/c1-12-18(11-22-24(2)19(12)25)23-17-9-14(13-4-3-6-20-10-13)8-16-15(17)5-7-21-16/h3-11,21,23H,1-2H3. The minimum Gasteiger partial charge on any atom is -0.361 e. The summed E-state index contributed by atoms with van der Waals surface area (Å²) in [5, 5.41) is 8.52. The molecule has 0 aliphatic heterocycles. The highest BCUT2D eigenvalue weighted by molar-refractivity contribution is 5.97. The Morgan fingerprint density at radius 1 is 1.12 bits per heavy atom. The summed E-state index contributed by atoms with van der Waals surface area (Å²) in [4.78, 5) is 19.6. The zero-order chi connectivity index (χ0) is 17.4. The van der Waals surface area contributed by atoms with Crippen molar-refractivity contribution in [2.45, 2.75) is 6.92 Å². The van der Waals surface area contributed by atoms with Gasteiger partial charge in [0.1, 0.15) is 0 Å². The second-order valence-electron chi connectivity index (χ2n) is 5.94. The van der Waals surface area contributed by atoms with Crippen molar-refractivity contribution in [1.29, 1.82) is 0 Å². The van der Waals surface area contributed by atoms with Crippen LogP contribution in [0.15, 0.2) is 59.9 Å². The summed E-state index contributed by atoms with van der Waals surface area (Å²) >= 11 is 0. The van der Waals surface area contributed by atoms with Gasteiger partial charge in [-0.25, -0.2) is 4.68 Å². The Hall–Kier alpha value is -3.41. The van der Waals surface area contributed by atoms with Gasteiger partial charge < -0.3 is 10.3 Å². The molecule has 25 heavy (non-hydrogen) atoms. The molecule has 0 radical (unpaired) electrons. The summed E-state index contributed by atoms with van der Waals surface area (Å²) in [6.45, 7) is 1.80. The van der Waals surface area contributed by atoms with Crippen LogP contribution in [-0.4, -0.2) is 19.7 Å². The van der Waals surface area contributed by atoms with Crippen LogP contribution in [0.5, 0.6) is 0 Å². The Morgan fingerprint density at radius 2 is 2.00 bits per heavy atom. The lowest BCUT2D eigenvalue weighted by Gasteiger charge is -2.12. The van der Waals surface area contributed by atoms with Crippen molar-refractivity contribution in [3.05, 3.63) is 71.0 Å². The molecule has 124 valence electrons. The largest absolute Gasteiger partial charge is 0.361 e. The first kappa shape index (κ1) is 15.1. The van der Waals surface area contributed by atoms with Gasteiger partial charge in [-0.2, -0.15) is 5.10 Å². The molecule has 0 aliphatic rings. The fourth-order valence-corrected chi connectivity index (χ4v) is 2.89. The Balaban J connectivity index is 1.86. The monoisotopic (exact) mass is 331 g/mol. The van der Waals surface area contributed by atoms with Crippen molar-refractivity contribution in [2.24, 2.45) is 7.05 Å². The molecule has 6 nitrogen and oxygen atoms in total. The van der Waals surface area contributed by atoms with E-state index in [1.54, 1.807) is 26.4 Å². The summed E-state index contributed by atoms with van der Waals surface area (Å²) in [5.41, 5.74) is 5.22. The number of rotatable bonds is 3. The van der Waals surface area contributed by atoms with Crippen LogP contribution in [0.4, 0.5) is 11.4 Å². The third kappa shape index (κ3) is 2.67. The van der Waals surface area contributed by atoms with Crippen LogP contribution in [0, 0.1) is 6.92 Å². The molecule has 0 unspecified atom stereocenters. The molecular weight excluding hydrogens is 314 g/mol. The number of fused-ring (bicyclic) bond motifs is 1. The van der Waals surface area contributed by atoms with E-state index in [1.165, 1.54) is 4.68 Å². The number of aromatic nitrogens is 4. The Morgan fingerprint density at radius 3 is 2.80 bits per heavy atom. The Labute approximate surface area is 144 Å². The maximum atomic E-state index is 12.1. The van der Waals surface area contributed by atoms with Gasteiger partial charge in [0.15, 0.2) is 0 Å². The first-order valence-electron chi connectivity index (χ1n) is 7.95. The second-order valence-corrected chi connectivity index (χ2v) is 5.94. The lowest BCUT2D eigenvalue weighted by molar-refractivity contribution is 0.702. The number of aryl methyl sites for hydroxylation is 1. The van der Waals surface area contributed by atoms with E-state index in [0.29, 0.717) is 11.3 Å². The molecule has 4 aromatic rings. The lowest BCUT2D eigenvalue weighted by atomic mass is 10.0. The molecule has 0 atom stereocenters. The van der Waals surface area contributed by atoms with E-state index in [-0.39, 0.29) is 5.56 Å². The normalized spacial score (nSPS) is 11.0. The van der Waals surface area contributed by atoms with Gasteiger partial charge in [-0.05, 0) is 36.8 Å². The fraction of sp³-hybridized carbons (Fsp3) is 0.105. The zero-order valence-corrected chi connectivity index (χ0v) is 13.9. The number of hydrogen-bond donors (Lipinski definition) is 2. The first-order chi connectivity index (χ1) is 12.1. The van der Waals surface area contributed by atoms with E-state index < -0.39 is 0 Å². The van der Waals surface area contributed by atoms with E-state index >= 15 is 0 Å². The average Bonchev–Trinajstić information content (AvgIpc) is 3.12. The molecule has 0 fully saturated rings. The van der Waals surface area contributed by atoms with Crippen molar-refractivity contribution in [3.8, 4) is 11.1 Å². The van der Waals surface area contributed by atoms with E-state index in [1.807, 2.05) is 30.6 Å². The van der Waals surface area contributed by atoms with Gasteiger partial charge in [-0.3, -0.25) is 9.78 Å². The van der Waals surface area contributed by atoms with Crippen LogP contribution in [0.25, 0.3) is 22.0 Å². The van der Waals surface area contributed by atoms with Gasteiger partial charge in [0.2, 0.25) is 0 Å². The summed E-state index contributed by atoms with van der Waals surface area (Å²) < 4.78 is 1.33. The second kappa shape index (κ2) is 5.90. The third-order valence-electron chi connectivity index (χ3n) is 4.31. The molecule has 0 aliphatic carbocycles. The van der Waals surface area contributed by atoms with Gasteiger partial charge in [-0.1, -0.05) is 6.07 Å². The molecule has 0 spiro atoms. The van der Waals surface area contributed by atoms with Crippen molar-refractivity contribution < 1.29 is 0 Å². The number of hydrogen-bond acceptors (Lipinski definition) is 4. The number of aromatic amines is 1. The minimum absolute atomic E-state index is 0.112. The number of nitrogens with one attached hydrogen (secondary N) is 2. The summed E-state index contributed by atoms with van der Waals surface area (Å²) in [5.74, 6) is 0. The van der Waals surface area contributed by atoms with Gasteiger partial charge in [0.25, 0.3) is 5.56 Å². The molecule has 2 N–H and O–H groups in total. The predicted molar refractivity (Wildman–Crippen MR) is 99.0 cm³/mol. The summed E-state index contributed by atoms with van der Waals surface area (Å²) in [6, 6.07) is 10.1. The maximum absolute atomic E-state index is 12.1. The third-order valence-corrected chi connectivity index (χ3v) is 4.31. The van der Waals surface area contributed by atoms with Gasteiger partial charge in [0.05, 0.1) is 11.9 Å². The molecule has 1 aromatic carbocycles. The molecule has 3 aromatic heterocycles. The Bertz CT molecular complexity index is 1110. The number of benzene rings is 1. The highest BCUT2D eigenvalue weighted by Crippen LogP contribution is 2.32. The lowest BCUT2D eigenvalue weighted by Crippen LogP contribution is -2.22. The predicted octanol–water partition coefficient (Wildman–Crippen LogP) is 3.38. The van der Waals surface area contributed by atoms with Crippen LogP contribution in [0.3, 0.4) is 0 Å². The first-order valence-corrected chi connectivity index (χ1v) is 7.95. The molecule has 0 saturated heterocycles. The molecule has 0 amide bonds. The topological polar surface area (TPSA) is 75.6 Å². The average molecular weight is 331 g/mol. The van der Waals surface area contributed by atoms with Crippen LogP contribution in [0.1, 0.15) is 5.56 Å². The number of nitrogens with zero attached hydrogens (tertiary/aromatic N) is 3. The molecule has 4 rings (SSSR count). The summed E-state index contributed by atoms with van der Waals surface area (Å²) in [6.07, 6.45) is 7.16. The number of anilines is 2. The van der Waals surface area contributed by atoms with Crippen LogP contribution < -0.4 is 10.9 Å². The molecule has 0 saturated carbocycles. The van der Waals surface area contributed by atoms with E-state index in [0.717, 1.165) is 27.7 Å². The maximum Gasteiger partial charge on any atom is 0.271 e. The van der Waals surface area contributed by atoms with Crippen LogP contribution >= 0.6 is 0 Å². The Kier molecular flexibility index (Phi) is 3.57. The van der Waals surface area contributed by atoms with Gasteiger partial charge in [0, 0.05) is 53.4 Å². The molecule has 0 bridgehead atoms. The van der Waals surface area contributed by atoms with Crippen LogP contribution in [-0.2, 0) is 7.05 Å². The number of H-pyrrole nitrogens is 1. The highest BCUT2D eigenvalue weighted by atomic mass is 16.1. The fourth-order valence-electron chi connectivity index (χ4n) is 2.89. The van der Waals surface area contributed by atoms with E-state index in [2.05, 4.69) is 32.5 Å². The van der Waals surface area contributed by atoms with Gasteiger partial charge in [-0.15, -0.1) is 0 Å². The summed E-state index contributed by atoms with van der Waals surface area (Å²) in [7, 11) is 1.65. The van der Waals surface area contributed by atoms with Crippen molar-refractivity contribution in [2.75, 3.05) is 5.32 Å². The highest BCUT2D eigenvalue weighted by Gasteiger charge is 2.10. The minimum atomic E-state index is -0.112. The molecular formula is C19H17N5O. The van der Waals surface area contributed by atoms with E-state index in [9.17, 15) is 4.79 Å². The van der Waals surface area contributed by atoms with E-state index in [4.69, 9.17) is 0 Å². The SMILES string of the molecule is Cc1c(Nc2cc(-c3cccnc3)cc3[nH]ccc23)cnn(C)c1=O. The van der Waals surface area contributed by atoms with Crippen LogP contribution in [0.2, 0.25) is 0 Å². The number of pyridine rings is 1. The molecule has 3 heterocycles. The van der Waals surface area contributed by atoms with Crippen molar-refractivity contribution in [1.82, 2.24) is 19.7 Å². The van der Waals surface area contributed by atoms with Crippen molar-refractivity contribution >= 4 is 22.3 Å². The van der Waals surface area contributed by atoms with Gasteiger partial charge >= 0.3 is 0 Å². The quantitative estimate of drug-likeness (QED) is 0.603. The zero-order valence-electron chi connectivity index (χ0n) is 13.9. The molecule has 6 heteroatoms. The van der Waals surface area contributed by atoms with Crippen molar-refractivity contribution in [3.63, 3.8) is 0 Å². The smallest absolute Gasteiger partial charge is 0.271 e.